The second-order valence-electron chi connectivity index (χ2n) is 12.7. The second kappa shape index (κ2) is 11.2. The minimum absolute atomic E-state index is 0.162. The quantitative estimate of drug-likeness (QED) is 0.203. The van der Waals surface area contributed by atoms with Gasteiger partial charge < -0.3 is 20.5 Å². The van der Waals surface area contributed by atoms with Gasteiger partial charge in [-0.2, -0.15) is 0 Å². The summed E-state index contributed by atoms with van der Waals surface area (Å²) < 4.78 is 12.4. The lowest BCUT2D eigenvalue weighted by atomic mass is 9.48. The van der Waals surface area contributed by atoms with Crippen LogP contribution in [0.4, 0.5) is 11.4 Å². The Morgan fingerprint density at radius 2 is 1.33 bits per heavy atom. The van der Waals surface area contributed by atoms with Crippen LogP contribution in [-0.2, 0) is 18.6 Å². The highest BCUT2D eigenvalue weighted by atomic mass is 16.5. The predicted octanol–water partition coefficient (Wildman–Crippen LogP) is 8.15. The number of nitrogen functional groups attached to an aromatic ring is 1. The molecule has 5 heteroatoms. The molecule has 4 bridgehead atoms. The highest BCUT2D eigenvalue weighted by molar-refractivity contribution is 6.06. The minimum Gasteiger partial charge on any atom is -0.489 e. The Balaban J connectivity index is 1.11. The Morgan fingerprint density at radius 1 is 0.738 bits per heavy atom. The molecule has 0 saturated heterocycles. The van der Waals surface area contributed by atoms with Crippen LogP contribution < -0.4 is 20.5 Å². The summed E-state index contributed by atoms with van der Waals surface area (Å²) in [5, 5.41) is 3.01. The van der Waals surface area contributed by atoms with Crippen molar-refractivity contribution in [3.63, 3.8) is 0 Å². The maximum atomic E-state index is 13.5. The van der Waals surface area contributed by atoms with Gasteiger partial charge in [-0.25, -0.2) is 0 Å². The largest absolute Gasteiger partial charge is 0.489 e. The van der Waals surface area contributed by atoms with Crippen LogP contribution >= 0.6 is 0 Å². The molecule has 5 nitrogen and oxygen atoms in total. The number of carbonyl (C=O) groups excluding carboxylic acids is 1. The molecule has 0 heterocycles. The van der Waals surface area contributed by atoms with E-state index in [-0.39, 0.29) is 11.3 Å². The third-order valence-electron chi connectivity index (χ3n) is 9.61. The van der Waals surface area contributed by atoms with E-state index in [1.165, 1.54) is 44.1 Å². The SMILES string of the molecule is Nc1cc(OCc2ccccc2)ccc1NC(=O)c1ccc(C23CC4CC(CC(C4)C2)C3)c(OCc2ccccc2)c1. The summed E-state index contributed by atoms with van der Waals surface area (Å²) in [6, 6.07) is 31.7. The molecule has 4 fully saturated rings. The first-order valence-corrected chi connectivity index (χ1v) is 15.2. The number of hydrogen-bond acceptors (Lipinski definition) is 4. The maximum Gasteiger partial charge on any atom is 0.255 e. The van der Waals surface area contributed by atoms with Crippen LogP contribution in [0.1, 0.15) is 65.6 Å². The van der Waals surface area contributed by atoms with Crippen molar-refractivity contribution >= 4 is 17.3 Å². The molecule has 8 rings (SSSR count). The van der Waals surface area contributed by atoms with Gasteiger partial charge in [-0.3, -0.25) is 4.79 Å². The number of carbonyl (C=O) groups is 1. The summed E-state index contributed by atoms with van der Waals surface area (Å²) in [6.45, 7) is 0.927. The smallest absolute Gasteiger partial charge is 0.255 e. The molecule has 0 aliphatic heterocycles. The van der Waals surface area contributed by atoms with E-state index in [1.54, 1.807) is 12.1 Å². The Bertz CT molecular complexity index is 1530. The van der Waals surface area contributed by atoms with Crippen LogP contribution in [-0.4, -0.2) is 5.91 Å². The third-order valence-corrected chi connectivity index (χ3v) is 9.61. The molecule has 0 aromatic heterocycles. The number of benzene rings is 4. The zero-order valence-corrected chi connectivity index (χ0v) is 23.9. The number of amides is 1. The molecule has 214 valence electrons. The number of nitrogens with two attached hydrogens (primary N) is 1. The average Bonchev–Trinajstić information content (AvgIpc) is 3.00. The molecular formula is C37H38N2O3. The molecule has 4 saturated carbocycles. The summed E-state index contributed by atoms with van der Waals surface area (Å²) in [5.74, 6) is 3.76. The number of ether oxygens (including phenoxy) is 2. The number of hydrogen-bond donors (Lipinski definition) is 2. The minimum atomic E-state index is -0.207. The normalized spacial score (nSPS) is 23.9. The standard InChI is InChI=1S/C37H38N2O3/c38-33-19-31(41-23-25-7-3-1-4-8-25)12-14-34(33)39-36(40)30-11-13-32(35(18-30)42-24-26-9-5-2-6-10-26)37-20-27-15-28(21-37)17-29(16-27)22-37/h1-14,18-19,27-29H,15-17,20-24,38H2,(H,39,40). The summed E-state index contributed by atoms with van der Waals surface area (Å²) in [5.41, 5.74) is 11.6. The van der Waals surface area contributed by atoms with E-state index >= 15 is 0 Å². The van der Waals surface area contributed by atoms with Gasteiger partial charge in [0, 0.05) is 17.2 Å². The van der Waals surface area contributed by atoms with Gasteiger partial charge in [-0.05, 0) is 97.1 Å². The van der Waals surface area contributed by atoms with Crippen molar-refractivity contribution in [1.29, 1.82) is 0 Å². The predicted molar refractivity (Wildman–Crippen MR) is 167 cm³/mol. The maximum absolute atomic E-state index is 13.5. The van der Waals surface area contributed by atoms with Gasteiger partial charge >= 0.3 is 0 Å². The Morgan fingerprint density at radius 3 is 1.93 bits per heavy atom. The van der Waals surface area contributed by atoms with E-state index < -0.39 is 0 Å². The highest BCUT2D eigenvalue weighted by Gasteiger charge is 2.52. The van der Waals surface area contributed by atoms with Crippen molar-refractivity contribution < 1.29 is 14.3 Å². The Kier molecular flexibility index (Phi) is 7.10. The number of rotatable bonds is 9. The lowest BCUT2D eigenvalue weighted by molar-refractivity contribution is -0.00648. The van der Waals surface area contributed by atoms with Crippen LogP contribution in [0.5, 0.6) is 11.5 Å². The zero-order valence-electron chi connectivity index (χ0n) is 23.9. The molecule has 0 spiro atoms. The summed E-state index contributed by atoms with van der Waals surface area (Å²) in [4.78, 5) is 13.5. The molecule has 3 N–H and O–H groups in total. The molecule has 0 atom stereocenters. The van der Waals surface area contributed by atoms with Gasteiger partial charge in [0.2, 0.25) is 0 Å². The van der Waals surface area contributed by atoms with Gasteiger partial charge in [-0.1, -0.05) is 66.7 Å². The fourth-order valence-electron chi connectivity index (χ4n) is 8.08. The number of anilines is 2. The lowest BCUT2D eigenvalue weighted by Gasteiger charge is -2.57. The van der Waals surface area contributed by atoms with Crippen molar-refractivity contribution in [3.8, 4) is 11.5 Å². The fourth-order valence-corrected chi connectivity index (χ4v) is 8.08. The first-order valence-electron chi connectivity index (χ1n) is 15.2. The summed E-state index contributed by atoms with van der Waals surface area (Å²) in [7, 11) is 0. The van der Waals surface area contributed by atoms with Gasteiger partial charge in [0.25, 0.3) is 5.91 Å². The Hall–Kier alpha value is -4.25. The van der Waals surface area contributed by atoms with Gasteiger partial charge in [0.1, 0.15) is 24.7 Å². The zero-order chi connectivity index (χ0) is 28.5. The van der Waals surface area contributed by atoms with Crippen molar-refractivity contribution in [3.05, 3.63) is 119 Å². The molecule has 42 heavy (non-hydrogen) atoms. The molecule has 1 amide bonds. The van der Waals surface area contributed by atoms with Crippen LogP contribution in [0.15, 0.2) is 97.1 Å². The number of nitrogens with one attached hydrogen (secondary N) is 1. The van der Waals surface area contributed by atoms with Crippen molar-refractivity contribution in [1.82, 2.24) is 0 Å². The molecule has 0 unspecified atom stereocenters. The van der Waals surface area contributed by atoms with E-state index in [0.717, 1.165) is 34.6 Å². The van der Waals surface area contributed by atoms with Crippen molar-refractivity contribution in [2.45, 2.75) is 57.2 Å². The molecule has 4 aliphatic carbocycles. The molecule has 4 aromatic carbocycles. The van der Waals surface area contributed by atoms with Gasteiger partial charge in [0.05, 0.1) is 11.4 Å². The van der Waals surface area contributed by atoms with E-state index in [2.05, 4.69) is 23.5 Å². The third kappa shape index (κ3) is 5.48. The van der Waals surface area contributed by atoms with E-state index in [4.69, 9.17) is 15.2 Å². The lowest BCUT2D eigenvalue weighted by Crippen LogP contribution is -2.48. The van der Waals surface area contributed by atoms with Gasteiger partial charge in [-0.15, -0.1) is 0 Å². The first kappa shape index (κ1) is 26.6. The average molecular weight is 559 g/mol. The second-order valence-corrected chi connectivity index (χ2v) is 12.7. The monoisotopic (exact) mass is 558 g/mol. The fraction of sp³-hybridized carbons (Fsp3) is 0.324. The molecule has 0 radical (unpaired) electrons. The van der Waals surface area contributed by atoms with Crippen LogP contribution in [0, 0.1) is 17.8 Å². The topological polar surface area (TPSA) is 73.6 Å². The first-order chi connectivity index (χ1) is 20.5. The van der Waals surface area contributed by atoms with Gasteiger partial charge in [0.15, 0.2) is 0 Å². The van der Waals surface area contributed by atoms with Crippen molar-refractivity contribution in [2.75, 3.05) is 11.1 Å². The molecular weight excluding hydrogens is 520 g/mol. The van der Waals surface area contributed by atoms with Crippen LogP contribution in [0.25, 0.3) is 0 Å². The summed E-state index contributed by atoms with van der Waals surface area (Å²) in [6.07, 6.45) is 7.87. The van der Waals surface area contributed by atoms with E-state index in [9.17, 15) is 4.79 Å². The molecule has 4 aliphatic rings. The van der Waals surface area contributed by atoms with E-state index in [1.807, 2.05) is 66.7 Å². The van der Waals surface area contributed by atoms with E-state index in [0.29, 0.717) is 35.9 Å². The molecule has 4 aromatic rings. The van der Waals surface area contributed by atoms with Crippen molar-refractivity contribution in [2.24, 2.45) is 17.8 Å². The van der Waals surface area contributed by atoms with Crippen LogP contribution in [0.3, 0.4) is 0 Å². The summed E-state index contributed by atoms with van der Waals surface area (Å²) >= 11 is 0. The Labute approximate surface area is 248 Å². The highest BCUT2D eigenvalue weighted by Crippen LogP contribution is 2.62. The van der Waals surface area contributed by atoms with Crippen LogP contribution in [0.2, 0.25) is 0 Å².